The Hall–Kier alpha value is -3.36. The zero-order chi connectivity index (χ0) is 21.5. The van der Waals surface area contributed by atoms with Crippen LogP contribution in [-0.2, 0) is 7.05 Å². The summed E-state index contributed by atoms with van der Waals surface area (Å²) in [5.74, 6) is 2.97. The molecule has 3 aromatic rings. The van der Waals surface area contributed by atoms with Crippen LogP contribution in [0.1, 0.15) is 59.8 Å². The summed E-state index contributed by atoms with van der Waals surface area (Å²) in [7, 11) is 4.99. The van der Waals surface area contributed by atoms with Crippen LogP contribution in [0.3, 0.4) is 0 Å². The molecule has 2 aromatic heterocycles. The van der Waals surface area contributed by atoms with Crippen LogP contribution in [0.2, 0.25) is 0 Å². The number of ether oxygens (including phenoxy) is 2. The average molecular weight is 423 g/mol. The first-order chi connectivity index (χ1) is 15.1. The fraction of sp³-hybridized carbons (Fsp3) is 0.455. The van der Waals surface area contributed by atoms with Crippen LogP contribution in [-0.4, -0.2) is 51.5 Å². The van der Waals surface area contributed by atoms with Gasteiger partial charge in [-0.1, -0.05) is 5.16 Å². The number of benzene rings is 1. The predicted octanol–water partition coefficient (Wildman–Crippen LogP) is 3.34. The third kappa shape index (κ3) is 3.54. The molecule has 162 valence electrons. The van der Waals surface area contributed by atoms with E-state index in [-0.39, 0.29) is 11.9 Å². The second kappa shape index (κ2) is 7.72. The molecule has 1 saturated heterocycles. The van der Waals surface area contributed by atoms with Gasteiger partial charge in [0.05, 0.1) is 19.9 Å². The van der Waals surface area contributed by atoms with Crippen molar-refractivity contribution in [2.75, 3.05) is 20.8 Å². The zero-order valence-corrected chi connectivity index (χ0v) is 17.9. The van der Waals surface area contributed by atoms with E-state index in [1.54, 1.807) is 32.0 Å². The van der Waals surface area contributed by atoms with Crippen molar-refractivity contribution in [1.29, 1.82) is 0 Å². The Morgan fingerprint density at radius 3 is 2.74 bits per heavy atom. The molecule has 1 aliphatic carbocycles. The third-order valence-corrected chi connectivity index (χ3v) is 5.98. The highest BCUT2D eigenvalue weighted by atomic mass is 16.5. The maximum Gasteiger partial charge on any atom is 0.272 e. The zero-order valence-electron chi connectivity index (χ0n) is 17.9. The molecule has 9 heteroatoms. The first kappa shape index (κ1) is 19.6. The monoisotopic (exact) mass is 423 g/mol. The lowest BCUT2D eigenvalue weighted by Gasteiger charge is -2.21. The number of methoxy groups -OCH3 is 2. The van der Waals surface area contributed by atoms with Gasteiger partial charge in [0.25, 0.3) is 5.91 Å². The summed E-state index contributed by atoms with van der Waals surface area (Å²) >= 11 is 0. The van der Waals surface area contributed by atoms with E-state index in [4.69, 9.17) is 14.0 Å². The Kier molecular flexibility index (Phi) is 4.88. The highest BCUT2D eigenvalue weighted by Crippen LogP contribution is 2.40. The fourth-order valence-corrected chi connectivity index (χ4v) is 4.12. The molecule has 3 heterocycles. The molecule has 1 amide bonds. The molecule has 0 spiro atoms. The van der Waals surface area contributed by atoms with E-state index in [0.717, 1.165) is 37.1 Å². The minimum Gasteiger partial charge on any atom is -0.497 e. The topological polar surface area (TPSA) is 95.5 Å². The van der Waals surface area contributed by atoms with Gasteiger partial charge in [-0.3, -0.25) is 9.48 Å². The molecule has 31 heavy (non-hydrogen) atoms. The lowest BCUT2D eigenvalue weighted by atomic mass is 10.1. The first-order valence-electron chi connectivity index (χ1n) is 10.5. The number of rotatable bonds is 6. The Morgan fingerprint density at radius 1 is 1.16 bits per heavy atom. The summed E-state index contributed by atoms with van der Waals surface area (Å²) < 4.78 is 17.9. The van der Waals surface area contributed by atoms with Crippen molar-refractivity contribution in [3.63, 3.8) is 0 Å². The van der Waals surface area contributed by atoms with Crippen molar-refractivity contribution >= 4 is 5.91 Å². The average Bonchev–Trinajstić information content (AvgIpc) is 3.18. The van der Waals surface area contributed by atoms with Gasteiger partial charge in [0, 0.05) is 25.1 Å². The van der Waals surface area contributed by atoms with Crippen molar-refractivity contribution in [3.8, 4) is 22.8 Å². The van der Waals surface area contributed by atoms with E-state index in [1.807, 2.05) is 23.1 Å². The van der Waals surface area contributed by atoms with Crippen LogP contribution in [0.4, 0.5) is 0 Å². The number of hydrogen-bond acceptors (Lipinski definition) is 7. The maximum absolute atomic E-state index is 13.4. The molecular formula is C22H25N5O4. The smallest absolute Gasteiger partial charge is 0.272 e. The second-order valence-corrected chi connectivity index (χ2v) is 8.03. The van der Waals surface area contributed by atoms with E-state index in [0.29, 0.717) is 41.2 Å². The van der Waals surface area contributed by atoms with Crippen molar-refractivity contribution in [2.45, 2.75) is 37.6 Å². The highest BCUT2D eigenvalue weighted by molar-refractivity contribution is 5.94. The Morgan fingerprint density at radius 2 is 2.00 bits per heavy atom. The van der Waals surface area contributed by atoms with Gasteiger partial charge < -0.3 is 18.9 Å². The van der Waals surface area contributed by atoms with Crippen LogP contribution >= 0.6 is 0 Å². The Bertz CT molecular complexity index is 1120. The van der Waals surface area contributed by atoms with E-state index < -0.39 is 0 Å². The van der Waals surface area contributed by atoms with Gasteiger partial charge in [0.2, 0.25) is 5.89 Å². The molecule has 1 atom stereocenters. The molecule has 1 aliphatic heterocycles. The summed E-state index contributed by atoms with van der Waals surface area (Å²) in [5, 5.41) is 8.69. The number of hydrogen-bond donors (Lipinski definition) is 0. The molecule has 1 aromatic carbocycles. The Balaban J connectivity index is 1.44. The van der Waals surface area contributed by atoms with Crippen molar-refractivity contribution in [2.24, 2.45) is 7.05 Å². The summed E-state index contributed by atoms with van der Waals surface area (Å²) in [6, 6.07) is 7.10. The minimum atomic E-state index is -0.197. The number of likely N-dealkylation sites (tertiary alicyclic amines) is 1. The van der Waals surface area contributed by atoms with Crippen LogP contribution < -0.4 is 9.47 Å². The lowest BCUT2D eigenvalue weighted by Crippen LogP contribution is -2.32. The quantitative estimate of drug-likeness (QED) is 0.600. The molecule has 0 N–H and O–H groups in total. The second-order valence-electron chi connectivity index (χ2n) is 8.03. The highest BCUT2D eigenvalue weighted by Gasteiger charge is 2.37. The van der Waals surface area contributed by atoms with Crippen LogP contribution in [0, 0.1) is 0 Å². The standard InChI is InChI=1S/C22H25N5O4/c1-26-18(12-16(24-26)15-11-14(29-2)8-9-19(15)30-3)22(28)27-10-4-5-17(27)21-23-20(25-31-21)13-6-7-13/h8-9,11-13,17H,4-7,10H2,1-3H3. The van der Waals surface area contributed by atoms with E-state index >= 15 is 0 Å². The summed E-state index contributed by atoms with van der Waals surface area (Å²) in [6.07, 6.45) is 3.92. The van der Waals surface area contributed by atoms with Gasteiger partial charge in [-0.05, 0) is 49.9 Å². The van der Waals surface area contributed by atoms with Gasteiger partial charge >= 0.3 is 0 Å². The molecule has 2 fully saturated rings. The van der Waals surface area contributed by atoms with Crippen molar-refractivity contribution in [3.05, 3.63) is 41.7 Å². The normalized spacial score (nSPS) is 18.4. The number of aryl methyl sites for hydroxylation is 1. The first-order valence-corrected chi connectivity index (χ1v) is 10.5. The molecule has 1 saturated carbocycles. The predicted molar refractivity (Wildman–Crippen MR) is 111 cm³/mol. The number of amides is 1. The van der Waals surface area contributed by atoms with Gasteiger partial charge in [-0.15, -0.1) is 0 Å². The maximum atomic E-state index is 13.4. The minimum absolute atomic E-state index is 0.100. The van der Waals surface area contributed by atoms with Gasteiger partial charge in [-0.2, -0.15) is 10.1 Å². The lowest BCUT2D eigenvalue weighted by molar-refractivity contribution is 0.0699. The molecular weight excluding hydrogens is 398 g/mol. The van der Waals surface area contributed by atoms with Crippen LogP contribution in [0.15, 0.2) is 28.8 Å². The SMILES string of the molecule is COc1ccc(OC)c(-c2cc(C(=O)N3CCCC3c3nc(C4CC4)no3)n(C)n2)c1. The molecule has 1 unspecified atom stereocenters. The molecule has 0 bridgehead atoms. The number of carbonyl (C=O) groups is 1. The number of aromatic nitrogens is 4. The van der Waals surface area contributed by atoms with E-state index in [2.05, 4.69) is 15.2 Å². The molecule has 2 aliphatic rings. The van der Waals surface area contributed by atoms with Crippen molar-refractivity contribution < 1.29 is 18.8 Å². The number of nitrogens with zero attached hydrogens (tertiary/aromatic N) is 5. The van der Waals surface area contributed by atoms with Crippen LogP contribution in [0.5, 0.6) is 11.5 Å². The van der Waals surface area contributed by atoms with E-state index in [9.17, 15) is 4.79 Å². The molecule has 5 rings (SSSR count). The largest absolute Gasteiger partial charge is 0.497 e. The summed E-state index contributed by atoms with van der Waals surface area (Å²) in [6.45, 7) is 0.646. The summed E-state index contributed by atoms with van der Waals surface area (Å²) in [5.41, 5.74) is 1.90. The fourth-order valence-electron chi connectivity index (χ4n) is 4.12. The number of carbonyl (C=O) groups excluding carboxylic acids is 1. The Labute approximate surface area is 179 Å². The van der Waals surface area contributed by atoms with Crippen LogP contribution in [0.25, 0.3) is 11.3 Å². The summed E-state index contributed by atoms with van der Waals surface area (Å²) in [4.78, 5) is 19.8. The van der Waals surface area contributed by atoms with Gasteiger partial charge in [0.1, 0.15) is 23.2 Å². The van der Waals surface area contributed by atoms with Crippen molar-refractivity contribution in [1.82, 2.24) is 24.8 Å². The third-order valence-electron chi connectivity index (χ3n) is 5.98. The molecule has 9 nitrogen and oxygen atoms in total. The van der Waals surface area contributed by atoms with Gasteiger partial charge in [0.15, 0.2) is 5.82 Å². The van der Waals surface area contributed by atoms with E-state index in [1.165, 1.54) is 0 Å². The van der Waals surface area contributed by atoms with Gasteiger partial charge in [-0.25, -0.2) is 0 Å². The molecule has 0 radical (unpaired) electrons.